The van der Waals surface area contributed by atoms with Crippen molar-refractivity contribution in [2.75, 3.05) is 0 Å². The summed E-state index contributed by atoms with van der Waals surface area (Å²) in [5.74, 6) is 0.752. The van der Waals surface area contributed by atoms with Crippen LogP contribution in [0.25, 0.3) is 5.70 Å². The fraction of sp³-hybridized carbons (Fsp3) is 0.0526. The van der Waals surface area contributed by atoms with E-state index in [-0.39, 0.29) is 6.04 Å². The number of benzene rings is 2. The summed E-state index contributed by atoms with van der Waals surface area (Å²) in [6.07, 6.45) is 4.76. The zero-order chi connectivity index (χ0) is 15.6. The fourth-order valence-electron chi connectivity index (χ4n) is 2.77. The summed E-state index contributed by atoms with van der Waals surface area (Å²) in [5, 5.41) is 1.88. The predicted octanol–water partition coefficient (Wildman–Crippen LogP) is 2.76. The SMILES string of the molecule is O=CC1C=C2N=C(c3ccccc3)C=C(c3ccccc3)N2N1. The maximum absolute atomic E-state index is 11.1. The number of aldehydes is 1. The predicted molar refractivity (Wildman–Crippen MR) is 90.3 cm³/mol. The van der Waals surface area contributed by atoms with E-state index in [2.05, 4.69) is 5.43 Å². The molecule has 4 nitrogen and oxygen atoms in total. The summed E-state index contributed by atoms with van der Waals surface area (Å²) in [5.41, 5.74) is 7.15. The number of hydrogen-bond donors (Lipinski definition) is 1. The molecule has 2 aliphatic rings. The molecule has 0 amide bonds. The van der Waals surface area contributed by atoms with Gasteiger partial charge in [0.2, 0.25) is 0 Å². The number of hydrazine groups is 1. The molecule has 2 aliphatic heterocycles. The maximum Gasteiger partial charge on any atom is 0.146 e. The minimum atomic E-state index is -0.351. The molecule has 1 unspecified atom stereocenters. The van der Waals surface area contributed by atoms with Crippen molar-refractivity contribution < 1.29 is 4.79 Å². The molecule has 0 aliphatic carbocycles. The molecule has 2 heterocycles. The second kappa shape index (κ2) is 5.66. The lowest BCUT2D eigenvalue weighted by Gasteiger charge is -2.28. The minimum Gasteiger partial charge on any atom is -0.301 e. The topological polar surface area (TPSA) is 44.7 Å². The van der Waals surface area contributed by atoms with E-state index in [1.807, 2.05) is 77.8 Å². The molecule has 23 heavy (non-hydrogen) atoms. The third-order valence-corrected chi connectivity index (χ3v) is 3.87. The number of nitrogens with zero attached hydrogens (tertiary/aromatic N) is 2. The number of fused-ring (bicyclic) bond motifs is 1. The van der Waals surface area contributed by atoms with Gasteiger partial charge in [-0.2, -0.15) is 0 Å². The van der Waals surface area contributed by atoms with Crippen molar-refractivity contribution in [3.8, 4) is 0 Å². The monoisotopic (exact) mass is 301 g/mol. The number of rotatable bonds is 3. The van der Waals surface area contributed by atoms with Gasteiger partial charge < -0.3 is 4.79 Å². The quantitative estimate of drug-likeness (QED) is 0.887. The van der Waals surface area contributed by atoms with Crippen LogP contribution in [0.1, 0.15) is 11.1 Å². The molecule has 4 rings (SSSR count). The molecule has 0 saturated carbocycles. The van der Waals surface area contributed by atoms with Gasteiger partial charge in [0.05, 0.1) is 11.4 Å². The van der Waals surface area contributed by atoms with Crippen LogP contribution in [0.5, 0.6) is 0 Å². The molecule has 0 fully saturated rings. The van der Waals surface area contributed by atoms with Gasteiger partial charge in [-0.15, -0.1) is 0 Å². The molecular weight excluding hydrogens is 286 g/mol. The van der Waals surface area contributed by atoms with Crippen molar-refractivity contribution in [3.05, 3.63) is 89.8 Å². The average Bonchev–Trinajstić information content (AvgIpc) is 3.05. The van der Waals surface area contributed by atoms with E-state index >= 15 is 0 Å². The summed E-state index contributed by atoms with van der Waals surface area (Å²) >= 11 is 0. The highest BCUT2D eigenvalue weighted by atomic mass is 16.1. The van der Waals surface area contributed by atoms with Crippen LogP contribution in [0, 0.1) is 0 Å². The Hall–Kier alpha value is -2.98. The lowest BCUT2D eigenvalue weighted by Crippen LogP contribution is -2.37. The number of aliphatic imine (C=N–C) groups is 1. The maximum atomic E-state index is 11.1. The molecule has 0 radical (unpaired) electrons. The molecule has 1 atom stereocenters. The molecular formula is C19H15N3O. The van der Waals surface area contributed by atoms with Gasteiger partial charge in [0, 0.05) is 5.56 Å². The van der Waals surface area contributed by atoms with Crippen LogP contribution < -0.4 is 5.43 Å². The first-order valence-corrected chi connectivity index (χ1v) is 7.50. The van der Waals surface area contributed by atoms with Crippen LogP contribution in [-0.4, -0.2) is 23.0 Å². The van der Waals surface area contributed by atoms with E-state index in [1.165, 1.54) is 0 Å². The second-order valence-corrected chi connectivity index (χ2v) is 5.41. The van der Waals surface area contributed by atoms with Crippen molar-refractivity contribution in [3.63, 3.8) is 0 Å². The number of carbonyl (C=O) groups excluding carboxylic acids is 1. The van der Waals surface area contributed by atoms with Crippen molar-refractivity contribution in [1.82, 2.24) is 10.4 Å². The number of hydrogen-bond acceptors (Lipinski definition) is 4. The van der Waals surface area contributed by atoms with Gasteiger partial charge >= 0.3 is 0 Å². The van der Waals surface area contributed by atoms with Crippen LogP contribution in [0.15, 0.2) is 83.6 Å². The highest BCUT2D eigenvalue weighted by Gasteiger charge is 2.29. The summed E-state index contributed by atoms with van der Waals surface area (Å²) in [6.45, 7) is 0. The van der Waals surface area contributed by atoms with Gasteiger partial charge in [-0.1, -0.05) is 60.7 Å². The van der Waals surface area contributed by atoms with Crippen molar-refractivity contribution in [1.29, 1.82) is 0 Å². The Balaban J connectivity index is 1.84. The average molecular weight is 301 g/mol. The normalized spacial score (nSPS) is 19.6. The molecule has 112 valence electrons. The lowest BCUT2D eigenvalue weighted by atomic mass is 10.0. The van der Waals surface area contributed by atoms with Gasteiger partial charge in [-0.3, -0.25) is 5.01 Å². The lowest BCUT2D eigenvalue weighted by molar-refractivity contribution is -0.108. The van der Waals surface area contributed by atoms with Gasteiger partial charge in [-0.05, 0) is 17.7 Å². The standard InChI is InChI=1S/C19H15N3O/c23-13-16-11-19-20-17(14-7-3-1-4-8-14)12-18(22(19)21-16)15-9-5-2-6-10-15/h1-13,16,21H. The Morgan fingerprint density at radius 3 is 2.26 bits per heavy atom. The first-order chi connectivity index (χ1) is 11.3. The number of carbonyl (C=O) groups is 1. The number of nitrogens with one attached hydrogen (secondary N) is 1. The Labute approximate surface area is 134 Å². The van der Waals surface area contributed by atoms with E-state index in [4.69, 9.17) is 4.99 Å². The highest BCUT2D eigenvalue weighted by molar-refractivity contribution is 6.13. The summed E-state index contributed by atoms with van der Waals surface area (Å²) in [6, 6.07) is 19.8. The van der Waals surface area contributed by atoms with Crippen molar-refractivity contribution in [2.45, 2.75) is 6.04 Å². The smallest absolute Gasteiger partial charge is 0.146 e. The van der Waals surface area contributed by atoms with Crippen LogP contribution >= 0.6 is 0 Å². The molecule has 2 aromatic carbocycles. The second-order valence-electron chi connectivity index (χ2n) is 5.41. The molecule has 0 saturated heterocycles. The Bertz CT molecular complexity index is 822. The van der Waals surface area contributed by atoms with Gasteiger partial charge in [0.15, 0.2) is 0 Å². The Morgan fingerprint density at radius 2 is 1.61 bits per heavy atom. The van der Waals surface area contributed by atoms with E-state index in [1.54, 1.807) is 0 Å². The molecule has 0 spiro atoms. The highest BCUT2D eigenvalue weighted by Crippen LogP contribution is 2.30. The zero-order valence-corrected chi connectivity index (χ0v) is 12.4. The van der Waals surface area contributed by atoms with E-state index in [9.17, 15) is 4.79 Å². The third-order valence-electron chi connectivity index (χ3n) is 3.87. The molecule has 2 aromatic rings. The summed E-state index contributed by atoms with van der Waals surface area (Å²) in [7, 11) is 0. The van der Waals surface area contributed by atoms with Crippen molar-refractivity contribution in [2.24, 2.45) is 4.99 Å². The van der Waals surface area contributed by atoms with Crippen LogP contribution in [0.3, 0.4) is 0 Å². The van der Waals surface area contributed by atoms with Gasteiger partial charge in [-0.25, -0.2) is 10.4 Å². The van der Waals surface area contributed by atoms with E-state index < -0.39 is 0 Å². The molecule has 0 bridgehead atoms. The van der Waals surface area contributed by atoms with Gasteiger partial charge in [0.25, 0.3) is 0 Å². The van der Waals surface area contributed by atoms with Crippen LogP contribution in [-0.2, 0) is 4.79 Å². The fourth-order valence-corrected chi connectivity index (χ4v) is 2.77. The first kappa shape index (κ1) is 13.7. The summed E-state index contributed by atoms with van der Waals surface area (Å²) < 4.78 is 0. The van der Waals surface area contributed by atoms with Crippen LogP contribution in [0.2, 0.25) is 0 Å². The Kier molecular flexibility index (Phi) is 3.37. The zero-order valence-electron chi connectivity index (χ0n) is 12.4. The van der Waals surface area contributed by atoms with Crippen molar-refractivity contribution >= 4 is 17.7 Å². The Morgan fingerprint density at radius 1 is 0.957 bits per heavy atom. The molecule has 1 N–H and O–H groups in total. The largest absolute Gasteiger partial charge is 0.301 e. The first-order valence-electron chi connectivity index (χ1n) is 7.50. The minimum absolute atomic E-state index is 0.351. The van der Waals surface area contributed by atoms with Gasteiger partial charge in [0.1, 0.15) is 18.1 Å². The molecule has 0 aromatic heterocycles. The van der Waals surface area contributed by atoms with E-state index in [0.29, 0.717) is 0 Å². The summed E-state index contributed by atoms with van der Waals surface area (Å²) in [4.78, 5) is 15.8. The third kappa shape index (κ3) is 2.49. The van der Waals surface area contributed by atoms with E-state index in [0.717, 1.165) is 34.6 Å². The number of allylic oxidation sites excluding steroid dienone is 1. The van der Waals surface area contributed by atoms with Crippen LogP contribution in [0.4, 0.5) is 0 Å². The molecule has 4 heteroatoms.